The predicted molar refractivity (Wildman–Crippen MR) is 126 cm³/mol. The Labute approximate surface area is 188 Å². The Morgan fingerprint density at radius 1 is 1.03 bits per heavy atom. The number of thiocarbonyl (C=S) groups is 1. The molecule has 0 atom stereocenters. The Kier molecular flexibility index (Phi) is 5.40. The lowest BCUT2D eigenvalue weighted by Crippen LogP contribution is -2.54. The molecule has 0 aliphatic carbocycles. The Hall–Kier alpha value is -3.03. The van der Waals surface area contributed by atoms with Crippen LogP contribution in [0, 0.1) is 13.8 Å². The Morgan fingerprint density at radius 3 is 2.57 bits per heavy atom. The highest BCUT2D eigenvalue weighted by atomic mass is 79.9. The number of aromatic nitrogens is 1. The number of hydrogen-bond acceptors (Lipinski definition) is 3. The van der Waals surface area contributed by atoms with E-state index in [1.54, 1.807) is 6.08 Å². The van der Waals surface area contributed by atoms with Crippen molar-refractivity contribution in [3.63, 3.8) is 0 Å². The summed E-state index contributed by atoms with van der Waals surface area (Å²) in [6.45, 7) is 3.90. The van der Waals surface area contributed by atoms with Gasteiger partial charge in [0.05, 0.1) is 5.69 Å². The average Bonchev–Trinajstić information content (AvgIpc) is 3.15. The maximum atomic E-state index is 13.3. The summed E-state index contributed by atoms with van der Waals surface area (Å²) in [6, 6.07) is 17.2. The molecule has 150 valence electrons. The summed E-state index contributed by atoms with van der Waals surface area (Å²) in [5, 5.41) is 2.72. The van der Waals surface area contributed by atoms with Crippen molar-refractivity contribution in [3.05, 3.63) is 87.7 Å². The lowest BCUT2D eigenvalue weighted by Gasteiger charge is -2.30. The molecule has 1 aliphatic rings. The van der Waals surface area contributed by atoms with Crippen LogP contribution in [0.3, 0.4) is 0 Å². The van der Waals surface area contributed by atoms with Crippen molar-refractivity contribution in [3.8, 4) is 5.69 Å². The van der Waals surface area contributed by atoms with E-state index in [-0.39, 0.29) is 10.7 Å². The minimum absolute atomic E-state index is 0.0264. The summed E-state index contributed by atoms with van der Waals surface area (Å²) in [6.07, 6.45) is 3.47. The number of hydrogen-bond donors (Lipinski definition) is 1. The van der Waals surface area contributed by atoms with Crippen LogP contribution in [0.25, 0.3) is 11.8 Å². The van der Waals surface area contributed by atoms with Gasteiger partial charge < -0.3 is 4.57 Å². The molecular weight excluding hydrogens is 462 g/mol. The molecule has 0 radical (unpaired) electrons. The van der Waals surface area contributed by atoms with E-state index < -0.39 is 11.8 Å². The zero-order chi connectivity index (χ0) is 21.4. The van der Waals surface area contributed by atoms with Crippen LogP contribution in [0.1, 0.15) is 16.8 Å². The van der Waals surface area contributed by atoms with Crippen LogP contribution in [0.4, 0.5) is 5.69 Å². The van der Waals surface area contributed by atoms with Crippen molar-refractivity contribution in [1.29, 1.82) is 0 Å². The maximum absolute atomic E-state index is 13.3. The zero-order valence-electron chi connectivity index (χ0n) is 16.3. The third-order valence-electron chi connectivity index (χ3n) is 4.85. The van der Waals surface area contributed by atoms with Crippen LogP contribution in [-0.2, 0) is 9.59 Å². The van der Waals surface area contributed by atoms with Gasteiger partial charge in [-0.15, -0.1) is 0 Å². The predicted octanol–water partition coefficient (Wildman–Crippen LogP) is 4.69. The summed E-state index contributed by atoms with van der Waals surface area (Å²) >= 11 is 8.78. The molecule has 0 spiro atoms. The molecule has 3 aromatic rings. The summed E-state index contributed by atoms with van der Waals surface area (Å²) in [5.74, 6) is -0.953. The smallest absolute Gasteiger partial charge is 0.270 e. The standard InChI is InChI=1S/C23H18BrN3O2S/c1-14-8-9-20(15(2)11-14)27-22(29)19(21(28)25-23(27)30)13-18-7-4-10-26(18)17-6-3-5-16(24)12-17/h3-13H,1-2H3,(H,25,28,30)/b19-13+. The number of anilines is 1. The molecule has 30 heavy (non-hydrogen) atoms. The van der Waals surface area contributed by atoms with Crippen LogP contribution >= 0.6 is 28.1 Å². The molecule has 1 fully saturated rings. The SMILES string of the molecule is Cc1ccc(N2C(=O)/C(=C/c3cccn3-c3cccc(Br)c3)C(=O)NC2=S)c(C)c1. The number of carbonyl (C=O) groups excluding carboxylic acids is 2. The normalized spacial score (nSPS) is 15.6. The number of aryl methyl sites for hydroxylation is 2. The zero-order valence-corrected chi connectivity index (χ0v) is 18.8. The fourth-order valence-electron chi connectivity index (χ4n) is 3.45. The second-order valence-corrected chi connectivity index (χ2v) is 8.33. The van der Waals surface area contributed by atoms with Crippen molar-refractivity contribution in [1.82, 2.24) is 9.88 Å². The van der Waals surface area contributed by atoms with E-state index in [4.69, 9.17) is 12.2 Å². The quantitative estimate of drug-likeness (QED) is 0.336. The summed E-state index contributed by atoms with van der Waals surface area (Å²) in [4.78, 5) is 27.3. The Balaban J connectivity index is 1.77. The second kappa shape index (κ2) is 8.01. The van der Waals surface area contributed by atoms with E-state index in [1.807, 2.05) is 79.2 Å². The number of carbonyl (C=O) groups is 2. The average molecular weight is 480 g/mol. The van der Waals surface area contributed by atoms with Gasteiger partial charge in [0.1, 0.15) is 5.57 Å². The summed E-state index contributed by atoms with van der Waals surface area (Å²) in [7, 11) is 0. The molecule has 0 saturated carbocycles. The van der Waals surface area contributed by atoms with E-state index in [0.29, 0.717) is 11.4 Å². The first-order valence-corrected chi connectivity index (χ1v) is 10.5. The highest BCUT2D eigenvalue weighted by molar-refractivity contribution is 9.10. The van der Waals surface area contributed by atoms with Crippen LogP contribution in [0.2, 0.25) is 0 Å². The highest BCUT2D eigenvalue weighted by Crippen LogP contribution is 2.27. The van der Waals surface area contributed by atoms with Gasteiger partial charge in [-0.2, -0.15) is 0 Å². The Morgan fingerprint density at radius 2 is 1.83 bits per heavy atom. The molecule has 7 heteroatoms. The van der Waals surface area contributed by atoms with E-state index in [0.717, 1.165) is 21.3 Å². The molecule has 2 amide bonds. The van der Waals surface area contributed by atoms with Crippen LogP contribution < -0.4 is 10.2 Å². The molecule has 1 N–H and O–H groups in total. The van der Waals surface area contributed by atoms with Gasteiger partial charge in [0.2, 0.25) is 0 Å². The van der Waals surface area contributed by atoms with E-state index >= 15 is 0 Å². The van der Waals surface area contributed by atoms with Crippen molar-refractivity contribution >= 4 is 56.8 Å². The van der Waals surface area contributed by atoms with Crippen molar-refractivity contribution in [2.24, 2.45) is 0 Å². The van der Waals surface area contributed by atoms with Gasteiger partial charge in [-0.1, -0.05) is 39.7 Å². The lowest BCUT2D eigenvalue weighted by molar-refractivity contribution is -0.122. The van der Waals surface area contributed by atoms with E-state index in [2.05, 4.69) is 21.2 Å². The number of halogens is 1. The first-order chi connectivity index (χ1) is 14.3. The topological polar surface area (TPSA) is 54.3 Å². The van der Waals surface area contributed by atoms with Crippen molar-refractivity contribution in [2.75, 3.05) is 4.90 Å². The van der Waals surface area contributed by atoms with Gasteiger partial charge in [0.15, 0.2) is 5.11 Å². The monoisotopic (exact) mass is 479 g/mol. The third kappa shape index (κ3) is 3.74. The number of rotatable bonds is 3. The third-order valence-corrected chi connectivity index (χ3v) is 5.63. The van der Waals surface area contributed by atoms with Crippen LogP contribution in [0.5, 0.6) is 0 Å². The Bertz CT molecular complexity index is 1230. The molecule has 1 aromatic heterocycles. The van der Waals surface area contributed by atoms with Gasteiger partial charge >= 0.3 is 0 Å². The molecule has 4 rings (SSSR count). The van der Waals surface area contributed by atoms with Crippen molar-refractivity contribution < 1.29 is 9.59 Å². The molecule has 1 saturated heterocycles. The number of nitrogens with one attached hydrogen (secondary N) is 1. The number of nitrogens with zero attached hydrogens (tertiary/aromatic N) is 2. The van der Waals surface area contributed by atoms with Gasteiger partial charge in [-0.25, -0.2) is 0 Å². The molecular formula is C23H18BrN3O2S. The minimum atomic E-state index is -0.506. The van der Waals surface area contributed by atoms with Gasteiger partial charge in [0, 0.05) is 22.1 Å². The second-order valence-electron chi connectivity index (χ2n) is 7.03. The first-order valence-electron chi connectivity index (χ1n) is 9.27. The molecule has 1 aliphatic heterocycles. The molecule has 2 aromatic carbocycles. The molecule has 2 heterocycles. The largest absolute Gasteiger partial charge is 0.317 e. The van der Waals surface area contributed by atoms with Crippen LogP contribution in [0.15, 0.2) is 70.8 Å². The fourth-order valence-corrected chi connectivity index (χ4v) is 4.11. The molecule has 0 bridgehead atoms. The molecule has 5 nitrogen and oxygen atoms in total. The van der Waals surface area contributed by atoms with E-state index in [1.165, 1.54) is 4.90 Å². The van der Waals surface area contributed by atoms with Gasteiger partial charge in [-0.05, 0) is 74.1 Å². The lowest BCUT2D eigenvalue weighted by atomic mass is 10.1. The van der Waals surface area contributed by atoms with E-state index in [9.17, 15) is 9.59 Å². The number of benzene rings is 2. The molecule has 0 unspecified atom stereocenters. The minimum Gasteiger partial charge on any atom is -0.317 e. The first kappa shape index (κ1) is 20.3. The van der Waals surface area contributed by atoms with Crippen LogP contribution in [-0.4, -0.2) is 21.5 Å². The summed E-state index contributed by atoms with van der Waals surface area (Å²) < 4.78 is 2.84. The highest BCUT2D eigenvalue weighted by Gasteiger charge is 2.35. The fraction of sp³-hybridized carbons (Fsp3) is 0.0870. The van der Waals surface area contributed by atoms with Gasteiger partial charge in [-0.3, -0.25) is 19.8 Å². The summed E-state index contributed by atoms with van der Waals surface area (Å²) in [5.41, 5.74) is 4.28. The van der Waals surface area contributed by atoms with Gasteiger partial charge in [0.25, 0.3) is 11.8 Å². The number of amides is 2. The maximum Gasteiger partial charge on any atom is 0.270 e. The van der Waals surface area contributed by atoms with Crippen molar-refractivity contribution in [2.45, 2.75) is 13.8 Å².